The van der Waals surface area contributed by atoms with Crippen molar-refractivity contribution in [1.82, 2.24) is 0 Å². The van der Waals surface area contributed by atoms with E-state index >= 15 is 0 Å². The van der Waals surface area contributed by atoms with Gasteiger partial charge in [-0.25, -0.2) is 0 Å². The van der Waals surface area contributed by atoms with Crippen LogP contribution in [0.2, 0.25) is 0 Å². The molecule has 76 valence electrons. The molecule has 0 spiro atoms. The van der Waals surface area contributed by atoms with Crippen LogP contribution in [0.25, 0.3) is 0 Å². The number of rotatable bonds is 3. The van der Waals surface area contributed by atoms with E-state index in [0.29, 0.717) is 6.42 Å². The van der Waals surface area contributed by atoms with Crippen molar-refractivity contribution in [2.24, 2.45) is 5.73 Å². The Hall–Kier alpha value is -0.870. The molecule has 0 fully saturated rings. The van der Waals surface area contributed by atoms with E-state index in [1.807, 2.05) is 25.1 Å². The van der Waals surface area contributed by atoms with Crippen LogP contribution in [0.3, 0.4) is 0 Å². The van der Waals surface area contributed by atoms with Crippen LogP contribution in [0, 0.1) is 6.92 Å². The van der Waals surface area contributed by atoms with Crippen LogP contribution in [0.5, 0.6) is 0 Å². The first kappa shape index (κ1) is 11.2. The fourth-order valence-corrected chi connectivity index (χ4v) is 1.93. The molecule has 0 saturated heterocycles. The largest absolute Gasteiger partial charge is 0.480 e. The second-order valence-corrected chi connectivity index (χ2v) is 4.20. The lowest BCUT2D eigenvalue weighted by Crippen LogP contribution is -2.32. The smallest absolute Gasteiger partial charge is 0.320 e. The second kappa shape index (κ2) is 4.57. The molecule has 1 rings (SSSR count). The Morgan fingerprint density at radius 1 is 1.57 bits per heavy atom. The van der Waals surface area contributed by atoms with Gasteiger partial charge in [0.1, 0.15) is 6.04 Å². The molecule has 4 heteroatoms. The predicted molar refractivity (Wildman–Crippen MR) is 58.2 cm³/mol. The Kier molecular flexibility index (Phi) is 3.66. The first-order valence-electron chi connectivity index (χ1n) is 4.23. The number of benzene rings is 1. The Morgan fingerprint density at radius 2 is 2.21 bits per heavy atom. The molecule has 1 aromatic carbocycles. The van der Waals surface area contributed by atoms with Crippen LogP contribution in [0.15, 0.2) is 22.7 Å². The zero-order chi connectivity index (χ0) is 10.7. The predicted octanol–water partition coefficient (Wildman–Crippen LogP) is 1.71. The minimum Gasteiger partial charge on any atom is -0.480 e. The average Bonchev–Trinajstić information content (AvgIpc) is 2.01. The maximum atomic E-state index is 10.5. The minimum absolute atomic E-state index is 0.357. The Morgan fingerprint density at radius 3 is 2.71 bits per heavy atom. The van der Waals surface area contributed by atoms with E-state index in [4.69, 9.17) is 10.8 Å². The molecule has 0 aromatic heterocycles. The molecule has 1 aromatic rings. The Bertz CT molecular complexity index is 332. The maximum absolute atomic E-state index is 10.5. The first-order chi connectivity index (χ1) is 6.49. The van der Waals surface area contributed by atoms with Crippen molar-refractivity contribution in [3.8, 4) is 0 Å². The van der Waals surface area contributed by atoms with Crippen LogP contribution < -0.4 is 5.73 Å². The highest BCUT2D eigenvalue weighted by Crippen LogP contribution is 2.16. The van der Waals surface area contributed by atoms with Crippen LogP contribution in [0.4, 0.5) is 0 Å². The number of aliphatic carboxylic acids is 1. The van der Waals surface area contributed by atoms with Gasteiger partial charge in [-0.2, -0.15) is 0 Å². The molecule has 0 heterocycles. The summed E-state index contributed by atoms with van der Waals surface area (Å²) in [6.07, 6.45) is 0.357. The topological polar surface area (TPSA) is 63.3 Å². The number of carboxylic acids is 1. The number of nitrogens with two attached hydrogens (primary N) is 1. The third-order valence-electron chi connectivity index (χ3n) is 1.87. The Labute approximate surface area is 91.1 Å². The minimum atomic E-state index is -0.970. The fraction of sp³-hybridized carbons (Fsp3) is 0.300. The van der Waals surface area contributed by atoms with E-state index in [0.717, 1.165) is 15.6 Å². The van der Waals surface area contributed by atoms with Crippen molar-refractivity contribution in [1.29, 1.82) is 0 Å². The summed E-state index contributed by atoms with van der Waals surface area (Å²) in [6, 6.07) is 4.96. The van der Waals surface area contributed by atoms with Crippen molar-refractivity contribution >= 4 is 21.9 Å². The summed E-state index contributed by atoms with van der Waals surface area (Å²) in [5.74, 6) is -0.970. The standard InChI is InChI=1S/C10H12BrNO2/c1-6-2-7(4-8(11)3-6)5-9(12)10(13)14/h2-4,9H,5,12H2,1H3,(H,13,14)/t9-/m1/s1. The van der Waals surface area contributed by atoms with Gasteiger partial charge >= 0.3 is 5.97 Å². The van der Waals surface area contributed by atoms with Gasteiger partial charge in [0, 0.05) is 4.47 Å². The highest BCUT2D eigenvalue weighted by atomic mass is 79.9. The van der Waals surface area contributed by atoms with Gasteiger partial charge in [0.05, 0.1) is 0 Å². The molecular weight excluding hydrogens is 246 g/mol. The lowest BCUT2D eigenvalue weighted by Gasteiger charge is -2.07. The molecule has 0 aliphatic rings. The normalized spacial score (nSPS) is 12.5. The monoisotopic (exact) mass is 257 g/mol. The van der Waals surface area contributed by atoms with Crippen LogP contribution in [-0.2, 0) is 11.2 Å². The first-order valence-corrected chi connectivity index (χ1v) is 5.03. The third kappa shape index (κ3) is 3.12. The number of halogens is 1. The van der Waals surface area contributed by atoms with E-state index in [1.54, 1.807) is 0 Å². The number of hydrogen-bond donors (Lipinski definition) is 2. The van der Waals surface area contributed by atoms with Gasteiger partial charge in [0.25, 0.3) is 0 Å². The summed E-state index contributed by atoms with van der Waals surface area (Å²) in [5.41, 5.74) is 7.46. The molecule has 0 amide bonds. The Balaban J connectivity index is 2.81. The number of hydrogen-bond acceptors (Lipinski definition) is 2. The molecule has 1 atom stereocenters. The maximum Gasteiger partial charge on any atom is 0.320 e. The number of aryl methyl sites for hydroxylation is 1. The van der Waals surface area contributed by atoms with E-state index in [1.165, 1.54) is 0 Å². The highest BCUT2D eigenvalue weighted by Gasteiger charge is 2.12. The highest BCUT2D eigenvalue weighted by molar-refractivity contribution is 9.10. The van der Waals surface area contributed by atoms with Gasteiger partial charge in [0.2, 0.25) is 0 Å². The summed E-state index contributed by atoms with van der Waals surface area (Å²) in [6.45, 7) is 1.96. The van der Waals surface area contributed by atoms with Crippen molar-refractivity contribution in [2.75, 3.05) is 0 Å². The van der Waals surface area contributed by atoms with Crippen molar-refractivity contribution in [3.63, 3.8) is 0 Å². The van der Waals surface area contributed by atoms with Crippen LogP contribution in [-0.4, -0.2) is 17.1 Å². The summed E-state index contributed by atoms with van der Waals surface area (Å²) in [5, 5.41) is 8.65. The van der Waals surface area contributed by atoms with Crippen molar-refractivity contribution < 1.29 is 9.90 Å². The van der Waals surface area contributed by atoms with Gasteiger partial charge in [0.15, 0.2) is 0 Å². The van der Waals surface area contributed by atoms with Crippen molar-refractivity contribution in [2.45, 2.75) is 19.4 Å². The van der Waals surface area contributed by atoms with E-state index in [9.17, 15) is 4.79 Å². The summed E-state index contributed by atoms with van der Waals surface area (Å²) >= 11 is 3.35. The lowest BCUT2D eigenvalue weighted by atomic mass is 10.0. The quantitative estimate of drug-likeness (QED) is 0.867. The van der Waals surface area contributed by atoms with Gasteiger partial charge in [-0.15, -0.1) is 0 Å². The molecule has 0 aliphatic carbocycles. The molecule has 0 aliphatic heterocycles. The zero-order valence-electron chi connectivity index (χ0n) is 7.83. The lowest BCUT2D eigenvalue weighted by molar-refractivity contribution is -0.138. The summed E-state index contributed by atoms with van der Waals surface area (Å²) < 4.78 is 0.949. The van der Waals surface area contributed by atoms with E-state index in [-0.39, 0.29) is 0 Å². The number of carbonyl (C=O) groups is 1. The van der Waals surface area contributed by atoms with Gasteiger partial charge < -0.3 is 10.8 Å². The van der Waals surface area contributed by atoms with Crippen LogP contribution in [0.1, 0.15) is 11.1 Å². The van der Waals surface area contributed by atoms with Gasteiger partial charge in [-0.05, 0) is 36.6 Å². The molecule has 3 nitrogen and oxygen atoms in total. The second-order valence-electron chi connectivity index (χ2n) is 3.29. The molecule has 0 saturated carbocycles. The summed E-state index contributed by atoms with van der Waals surface area (Å²) in [7, 11) is 0. The molecule has 0 bridgehead atoms. The third-order valence-corrected chi connectivity index (χ3v) is 2.33. The average molecular weight is 258 g/mol. The zero-order valence-corrected chi connectivity index (χ0v) is 9.41. The van der Waals surface area contributed by atoms with Gasteiger partial charge in [-0.1, -0.05) is 22.0 Å². The van der Waals surface area contributed by atoms with E-state index < -0.39 is 12.0 Å². The molecule has 14 heavy (non-hydrogen) atoms. The van der Waals surface area contributed by atoms with Crippen molar-refractivity contribution in [3.05, 3.63) is 33.8 Å². The van der Waals surface area contributed by atoms with Gasteiger partial charge in [-0.3, -0.25) is 4.79 Å². The SMILES string of the molecule is Cc1cc(Br)cc(C[C@@H](N)C(=O)O)c1. The van der Waals surface area contributed by atoms with Crippen LogP contribution >= 0.6 is 15.9 Å². The summed E-state index contributed by atoms with van der Waals surface area (Å²) in [4.78, 5) is 10.5. The molecule has 0 radical (unpaired) electrons. The molecular formula is C10H12BrNO2. The number of carboxylic acid groups (broad SMARTS) is 1. The van der Waals surface area contributed by atoms with E-state index in [2.05, 4.69) is 15.9 Å². The fourth-order valence-electron chi connectivity index (χ4n) is 1.27. The molecule has 0 unspecified atom stereocenters. The molecule has 3 N–H and O–H groups in total.